The van der Waals surface area contributed by atoms with E-state index in [1.54, 1.807) is 11.1 Å². The highest BCUT2D eigenvalue weighted by Crippen LogP contribution is 2.70. The minimum atomic E-state index is 0.129. The Morgan fingerprint density at radius 2 is 1.17 bits per heavy atom. The molecule has 4 fully saturated rings. The van der Waals surface area contributed by atoms with Crippen molar-refractivity contribution in [3.8, 4) is 11.1 Å². The molecule has 46 heavy (non-hydrogen) atoms. The van der Waals surface area contributed by atoms with Crippen LogP contribution in [0, 0.1) is 23.7 Å². The second-order valence-corrected chi connectivity index (χ2v) is 14.5. The normalized spacial score (nSPS) is 25.5. The number of rotatable bonds is 3. The topological polar surface area (TPSA) is 16.4 Å². The third kappa shape index (κ3) is 3.22. The first-order valence-corrected chi connectivity index (χ1v) is 17.2. The molecule has 0 N–H and O–H groups in total. The van der Waals surface area contributed by atoms with Crippen LogP contribution in [0.5, 0.6) is 0 Å². The van der Waals surface area contributed by atoms with Gasteiger partial charge in [0, 0.05) is 32.8 Å². The molecule has 2 nitrogen and oxygen atoms in total. The molecule has 0 atom stereocenters. The molecule has 6 aromatic carbocycles. The maximum atomic E-state index is 6.30. The highest BCUT2D eigenvalue weighted by atomic mass is 16.3. The highest BCUT2D eigenvalue weighted by Gasteiger charge is 2.61. The molecule has 0 unspecified atom stereocenters. The van der Waals surface area contributed by atoms with E-state index in [4.69, 9.17) is 4.42 Å². The summed E-state index contributed by atoms with van der Waals surface area (Å²) < 4.78 is 6.30. The Morgan fingerprint density at radius 1 is 0.522 bits per heavy atom. The van der Waals surface area contributed by atoms with Crippen molar-refractivity contribution in [3.63, 3.8) is 0 Å². The van der Waals surface area contributed by atoms with E-state index >= 15 is 0 Å². The summed E-state index contributed by atoms with van der Waals surface area (Å²) in [4.78, 5) is 2.55. The van der Waals surface area contributed by atoms with Gasteiger partial charge in [-0.25, -0.2) is 0 Å². The van der Waals surface area contributed by atoms with Gasteiger partial charge < -0.3 is 9.32 Å². The fraction of sp³-hybridized carbons (Fsp3) is 0.227. The molecule has 2 heteroatoms. The molecule has 7 aromatic rings. The third-order valence-electron chi connectivity index (χ3n) is 12.4. The van der Waals surface area contributed by atoms with Gasteiger partial charge in [0.1, 0.15) is 11.2 Å². The molecule has 12 rings (SSSR count). The predicted octanol–water partition coefficient (Wildman–Crippen LogP) is 11.9. The summed E-state index contributed by atoms with van der Waals surface area (Å²) in [5.74, 6) is 3.33. The summed E-state index contributed by atoms with van der Waals surface area (Å²) in [6, 6.07) is 47.5. The summed E-state index contributed by atoms with van der Waals surface area (Å²) >= 11 is 0. The number of benzene rings is 6. The molecule has 0 radical (unpaired) electrons. The molecule has 1 heterocycles. The van der Waals surface area contributed by atoms with Gasteiger partial charge in [-0.05, 0) is 114 Å². The summed E-state index contributed by atoms with van der Waals surface area (Å²) in [5.41, 5.74) is 11.7. The van der Waals surface area contributed by atoms with Crippen LogP contribution in [0.15, 0.2) is 132 Å². The van der Waals surface area contributed by atoms with Crippen LogP contribution in [-0.2, 0) is 5.41 Å². The van der Waals surface area contributed by atoms with Crippen LogP contribution in [0.25, 0.3) is 43.8 Å². The highest BCUT2D eigenvalue weighted by molar-refractivity contribution is 6.08. The van der Waals surface area contributed by atoms with E-state index in [2.05, 4.69) is 132 Å². The Labute approximate surface area is 269 Å². The first-order valence-electron chi connectivity index (χ1n) is 17.2. The Balaban J connectivity index is 1.22. The lowest BCUT2D eigenvalue weighted by Crippen LogP contribution is -2.55. The van der Waals surface area contributed by atoms with Crippen LogP contribution in [0.3, 0.4) is 0 Å². The molecule has 4 saturated carbocycles. The van der Waals surface area contributed by atoms with Crippen LogP contribution in [-0.4, -0.2) is 0 Å². The SMILES string of the molecule is c1ccc2c(c1)-c1c(N(c3ccc4oc5ccccc5c4c3)c3cccc4ccccc34)cccc1C21C2CC3CC(C2)CC1C3. The maximum Gasteiger partial charge on any atom is 0.135 e. The van der Waals surface area contributed by atoms with Crippen LogP contribution in [0.2, 0.25) is 0 Å². The van der Waals surface area contributed by atoms with Gasteiger partial charge in [0.25, 0.3) is 0 Å². The van der Waals surface area contributed by atoms with Gasteiger partial charge in [0.15, 0.2) is 0 Å². The van der Waals surface area contributed by atoms with Crippen molar-refractivity contribution in [2.24, 2.45) is 23.7 Å². The molecular weight excluding hydrogens is 558 g/mol. The zero-order valence-corrected chi connectivity index (χ0v) is 25.8. The second kappa shape index (κ2) is 9.13. The van der Waals surface area contributed by atoms with Gasteiger partial charge in [0.2, 0.25) is 0 Å². The zero-order chi connectivity index (χ0) is 30.0. The summed E-state index contributed by atoms with van der Waals surface area (Å²) in [5, 5.41) is 4.83. The van der Waals surface area contributed by atoms with Crippen LogP contribution in [0.1, 0.15) is 43.2 Å². The summed E-state index contributed by atoms with van der Waals surface area (Å²) in [6.45, 7) is 0. The molecule has 0 amide bonds. The van der Waals surface area contributed by atoms with Crippen LogP contribution >= 0.6 is 0 Å². The molecule has 0 aliphatic heterocycles. The number of hydrogen-bond acceptors (Lipinski definition) is 2. The molecule has 0 saturated heterocycles. The first-order chi connectivity index (χ1) is 22.8. The van der Waals surface area contributed by atoms with Crippen molar-refractivity contribution in [2.75, 3.05) is 4.90 Å². The number of nitrogens with zero attached hydrogens (tertiary/aromatic N) is 1. The number of para-hydroxylation sites is 1. The minimum Gasteiger partial charge on any atom is -0.456 e. The predicted molar refractivity (Wildman–Crippen MR) is 189 cm³/mol. The first kappa shape index (κ1) is 25.4. The fourth-order valence-electron chi connectivity index (χ4n) is 11.0. The number of hydrogen-bond donors (Lipinski definition) is 0. The number of fused-ring (bicyclic) bond motifs is 7. The average molecular weight is 594 g/mol. The summed E-state index contributed by atoms with van der Waals surface area (Å²) in [6.07, 6.45) is 7.03. The van der Waals surface area contributed by atoms with Gasteiger partial charge in [-0.2, -0.15) is 0 Å². The van der Waals surface area contributed by atoms with E-state index in [9.17, 15) is 0 Å². The molecule has 1 aromatic heterocycles. The van der Waals surface area contributed by atoms with Gasteiger partial charge in [-0.15, -0.1) is 0 Å². The van der Waals surface area contributed by atoms with Crippen LogP contribution in [0.4, 0.5) is 17.1 Å². The van der Waals surface area contributed by atoms with Crippen LogP contribution < -0.4 is 4.90 Å². The van der Waals surface area contributed by atoms with Gasteiger partial charge >= 0.3 is 0 Å². The molecule has 222 valence electrons. The molecule has 1 spiro atoms. The van der Waals surface area contributed by atoms with Crippen molar-refractivity contribution in [3.05, 3.63) is 139 Å². The maximum absolute atomic E-state index is 6.30. The van der Waals surface area contributed by atoms with Gasteiger partial charge in [-0.3, -0.25) is 0 Å². The summed E-state index contributed by atoms with van der Waals surface area (Å²) in [7, 11) is 0. The molecule has 4 bridgehead atoms. The van der Waals surface area contributed by atoms with Gasteiger partial charge in [-0.1, -0.05) is 91.0 Å². The van der Waals surface area contributed by atoms with E-state index in [0.717, 1.165) is 51.3 Å². The largest absolute Gasteiger partial charge is 0.456 e. The Kier molecular flexibility index (Phi) is 5.04. The minimum absolute atomic E-state index is 0.129. The van der Waals surface area contributed by atoms with Crippen molar-refractivity contribution < 1.29 is 4.42 Å². The zero-order valence-electron chi connectivity index (χ0n) is 25.8. The lowest BCUT2D eigenvalue weighted by atomic mass is 9.43. The Morgan fingerprint density at radius 3 is 2.04 bits per heavy atom. The lowest BCUT2D eigenvalue weighted by molar-refractivity contribution is -0.0399. The third-order valence-corrected chi connectivity index (χ3v) is 12.4. The van der Waals surface area contributed by atoms with E-state index in [1.807, 2.05) is 0 Å². The smallest absolute Gasteiger partial charge is 0.135 e. The van der Waals surface area contributed by atoms with Gasteiger partial charge in [0.05, 0.1) is 11.4 Å². The lowest BCUT2D eigenvalue weighted by Gasteiger charge is -2.61. The Bertz CT molecular complexity index is 2330. The number of furan rings is 1. The molecule has 5 aliphatic rings. The molecule has 5 aliphatic carbocycles. The quantitative estimate of drug-likeness (QED) is 0.203. The van der Waals surface area contributed by atoms with Crippen molar-refractivity contribution in [1.29, 1.82) is 0 Å². The monoisotopic (exact) mass is 593 g/mol. The average Bonchev–Trinajstić information content (AvgIpc) is 3.61. The van der Waals surface area contributed by atoms with Crippen molar-refractivity contribution in [2.45, 2.75) is 37.5 Å². The number of anilines is 3. The van der Waals surface area contributed by atoms with Crippen molar-refractivity contribution >= 4 is 49.8 Å². The van der Waals surface area contributed by atoms with Crippen molar-refractivity contribution in [1.82, 2.24) is 0 Å². The van der Waals surface area contributed by atoms with E-state index < -0.39 is 0 Å². The van der Waals surface area contributed by atoms with E-state index in [1.165, 1.54) is 65.4 Å². The standard InChI is InChI=1S/C44H35NO/c1-2-11-33-29(9-1)10-7-16-39(33)45(32-19-20-42-36(26-32)34-12-4-6-18-41(34)46-42)40-17-8-15-38-43(40)35-13-3-5-14-37(35)44(38)30-22-27-21-28(24-30)25-31(44)23-27/h1-20,26-28,30-31H,21-25H2. The Hall–Kier alpha value is -4.82. The fourth-order valence-corrected chi connectivity index (χ4v) is 11.0. The van der Waals surface area contributed by atoms with E-state index in [-0.39, 0.29) is 5.41 Å². The van der Waals surface area contributed by atoms with E-state index in [0.29, 0.717) is 0 Å². The second-order valence-electron chi connectivity index (χ2n) is 14.5. The molecular formula is C44H35NO.